The highest BCUT2D eigenvalue weighted by Gasteiger charge is 2.32. The van der Waals surface area contributed by atoms with Crippen molar-refractivity contribution in [3.8, 4) is 5.75 Å². The average molecular weight is 427 g/mol. The Labute approximate surface area is 175 Å². The minimum absolute atomic E-state index is 0.130. The third kappa shape index (κ3) is 4.24. The molecule has 4 rings (SSSR count). The van der Waals surface area contributed by atoms with Crippen molar-refractivity contribution >= 4 is 21.7 Å². The first-order valence-corrected chi connectivity index (χ1v) is 11.0. The fraction of sp³-hybridized carbons (Fsp3) is 0.300. The third-order valence-corrected chi connectivity index (χ3v) is 6.97. The number of hydrogen-bond donors (Lipinski definition) is 1. The molecule has 2 aromatic heterocycles. The van der Waals surface area contributed by atoms with Crippen molar-refractivity contribution in [3.05, 3.63) is 60.9 Å². The number of methoxy groups -OCH3 is 1. The van der Waals surface area contributed by atoms with E-state index in [-0.39, 0.29) is 10.8 Å². The number of sulfonamides is 1. The van der Waals surface area contributed by atoms with E-state index in [0.717, 1.165) is 5.69 Å². The van der Waals surface area contributed by atoms with Gasteiger partial charge in [-0.05, 0) is 25.0 Å². The van der Waals surface area contributed by atoms with Gasteiger partial charge < -0.3 is 10.1 Å². The lowest BCUT2D eigenvalue weighted by atomic mass is 9.95. The van der Waals surface area contributed by atoms with E-state index in [9.17, 15) is 8.42 Å². The van der Waals surface area contributed by atoms with Gasteiger partial charge in [-0.3, -0.25) is 9.97 Å². The van der Waals surface area contributed by atoms with Gasteiger partial charge in [-0.15, -0.1) is 0 Å². The molecule has 9 nitrogen and oxygen atoms in total. The molecule has 1 fully saturated rings. The molecule has 0 aliphatic carbocycles. The summed E-state index contributed by atoms with van der Waals surface area (Å²) in [5.41, 5.74) is 0.832. The highest BCUT2D eigenvalue weighted by molar-refractivity contribution is 7.89. The molecule has 10 heteroatoms. The number of aromatic nitrogens is 4. The number of ether oxygens (including phenoxy) is 1. The Hall–Kier alpha value is -3.11. The Morgan fingerprint density at radius 1 is 1.03 bits per heavy atom. The normalized spacial score (nSPS) is 15.6. The molecule has 1 aliphatic heterocycles. The summed E-state index contributed by atoms with van der Waals surface area (Å²) in [5.74, 6) is 1.65. The van der Waals surface area contributed by atoms with Crippen LogP contribution in [0.5, 0.6) is 5.75 Å². The number of para-hydroxylation sites is 1. The lowest BCUT2D eigenvalue weighted by Crippen LogP contribution is -2.38. The Morgan fingerprint density at radius 3 is 2.53 bits per heavy atom. The second-order valence-electron chi connectivity index (χ2n) is 6.87. The van der Waals surface area contributed by atoms with Gasteiger partial charge in [0.1, 0.15) is 22.3 Å². The standard InChI is InChI=1S/C20H22N6O3S/c1-29-17-4-2-3-5-18(17)30(27,28)26-10-6-15(7-11-26)16-12-22-14-20(24-16)25-19-13-21-8-9-23-19/h2-5,8-9,12-15H,6-7,10-11H2,1H3,(H,23,24,25). The van der Waals surface area contributed by atoms with Crippen LogP contribution in [0.25, 0.3) is 0 Å². The number of nitrogens with one attached hydrogen (secondary N) is 1. The molecule has 0 bridgehead atoms. The molecular formula is C20H22N6O3S. The summed E-state index contributed by atoms with van der Waals surface area (Å²) in [6.45, 7) is 0.823. The van der Waals surface area contributed by atoms with E-state index < -0.39 is 10.0 Å². The molecule has 3 heterocycles. The fourth-order valence-electron chi connectivity index (χ4n) is 3.50. The largest absolute Gasteiger partial charge is 0.495 e. The van der Waals surface area contributed by atoms with E-state index in [4.69, 9.17) is 4.74 Å². The van der Waals surface area contributed by atoms with Crippen LogP contribution in [0.4, 0.5) is 11.6 Å². The molecule has 1 N–H and O–H groups in total. The maximum absolute atomic E-state index is 13.1. The summed E-state index contributed by atoms with van der Waals surface area (Å²) >= 11 is 0. The van der Waals surface area contributed by atoms with Gasteiger partial charge in [0, 0.05) is 37.6 Å². The number of anilines is 2. The number of hydrogen-bond acceptors (Lipinski definition) is 8. The number of benzene rings is 1. The monoisotopic (exact) mass is 426 g/mol. The van der Waals surface area contributed by atoms with Crippen LogP contribution in [-0.2, 0) is 10.0 Å². The first kappa shape index (κ1) is 20.2. The highest BCUT2D eigenvalue weighted by atomic mass is 32.2. The lowest BCUT2D eigenvalue weighted by Gasteiger charge is -2.31. The van der Waals surface area contributed by atoms with Crippen LogP contribution in [0.15, 0.2) is 60.1 Å². The van der Waals surface area contributed by atoms with Gasteiger partial charge in [0.15, 0.2) is 0 Å². The zero-order valence-electron chi connectivity index (χ0n) is 16.5. The number of rotatable bonds is 6. The van der Waals surface area contributed by atoms with Crippen LogP contribution in [0.2, 0.25) is 0 Å². The van der Waals surface area contributed by atoms with Crippen molar-refractivity contribution in [3.63, 3.8) is 0 Å². The molecule has 0 radical (unpaired) electrons. The van der Waals surface area contributed by atoms with E-state index in [1.54, 1.807) is 55.2 Å². The Bertz CT molecular complexity index is 1100. The minimum Gasteiger partial charge on any atom is -0.495 e. The van der Waals surface area contributed by atoms with Crippen LogP contribution >= 0.6 is 0 Å². The molecule has 1 aliphatic rings. The van der Waals surface area contributed by atoms with Gasteiger partial charge in [-0.1, -0.05) is 12.1 Å². The molecule has 30 heavy (non-hydrogen) atoms. The van der Waals surface area contributed by atoms with E-state index in [1.165, 1.54) is 11.4 Å². The summed E-state index contributed by atoms with van der Waals surface area (Å²) in [5, 5.41) is 3.08. The molecule has 1 aromatic carbocycles. The molecule has 0 atom stereocenters. The Morgan fingerprint density at radius 2 is 1.80 bits per heavy atom. The summed E-state index contributed by atoms with van der Waals surface area (Å²) in [6.07, 6.45) is 9.48. The minimum atomic E-state index is -3.61. The summed E-state index contributed by atoms with van der Waals surface area (Å²) < 4.78 is 32.9. The molecule has 0 saturated carbocycles. The maximum Gasteiger partial charge on any atom is 0.246 e. The number of nitrogens with zero attached hydrogens (tertiary/aromatic N) is 5. The van der Waals surface area contributed by atoms with Crippen LogP contribution < -0.4 is 10.1 Å². The molecule has 0 unspecified atom stereocenters. The lowest BCUT2D eigenvalue weighted by molar-refractivity contribution is 0.314. The second kappa shape index (κ2) is 8.72. The van der Waals surface area contributed by atoms with Gasteiger partial charge >= 0.3 is 0 Å². The summed E-state index contributed by atoms with van der Waals surface area (Å²) in [7, 11) is -2.14. The zero-order chi connectivity index (χ0) is 21.0. The van der Waals surface area contributed by atoms with Gasteiger partial charge in [-0.25, -0.2) is 18.4 Å². The highest BCUT2D eigenvalue weighted by Crippen LogP contribution is 2.32. The topological polar surface area (TPSA) is 110 Å². The molecule has 0 amide bonds. The molecule has 156 valence electrons. The van der Waals surface area contributed by atoms with Gasteiger partial charge in [0.2, 0.25) is 10.0 Å². The van der Waals surface area contributed by atoms with Crippen LogP contribution in [0.3, 0.4) is 0 Å². The predicted molar refractivity (Wildman–Crippen MR) is 111 cm³/mol. The third-order valence-electron chi connectivity index (χ3n) is 5.03. The first-order valence-electron chi connectivity index (χ1n) is 9.56. The van der Waals surface area contributed by atoms with Crippen molar-refractivity contribution in [2.24, 2.45) is 0 Å². The zero-order valence-corrected chi connectivity index (χ0v) is 17.3. The second-order valence-corrected chi connectivity index (χ2v) is 8.78. The van der Waals surface area contributed by atoms with Gasteiger partial charge in [-0.2, -0.15) is 4.31 Å². The van der Waals surface area contributed by atoms with E-state index in [2.05, 4.69) is 25.3 Å². The van der Waals surface area contributed by atoms with Crippen LogP contribution in [0.1, 0.15) is 24.5 Å². The summed E-state index contributed by atoms with van der Waals surface area (Å²) in [4.78, 5) is 17.3. The van der Waals surface area contributed by atoms with E-state index >= 15 is 0 Å². The van der Waals surface area contributed by atoms with Gasteiger partial charge in [0.05, 0.1) is 25.2 Å². The number of piperidine rings is 1. The quantitative estimate of drug-likeness (QED) is 0.640. The molecule has 1 saturated heterocycles. The molecule has 3 aromatic rings. The van der Waals surface area contributed by atoms with Crippen molar-refractivity contribution in [2.45, 2.75) is 23.7 Å². The average Bonchev–Trinajstić information content (AvgIpc) is 2.80. The SMILES string of the molecule is COc1ccccc1S(=O)(=O)N1CCC(c2cncc(Nc3cnccn3)n2)CC1. The molecule has 0 spiro atoms. The van der Waals surface area contributed by atoms with Crippen LogP contribution in [0, 0.1) is 0 Å². The predicted octanol–water partition coefficient (Wildman–Crippen LogP) is 2.59. The van der Waals surface area contributed by atoms with Crippen molar-refractivity contribution < 1.29 is 13.2 Å². The Kier molecular flexibility index (Phi) is 5.86. The fourth-order valence-corrected chi connectivity index (χ4v) is 5.12. The van der Waals surface area contributed by atoms with Crippen molar-refractivity contribution in [1.29, 1.82) is 0 Å². The smallest absolute Gasteiger partial charge is 0.246 e. The van der Waals surface area contributed by atoms with E-state index in [0.29, 0.717) is 43.3 Å². The van der Waals surface area contributed by atoms with Crippen molar-refractivity contribution in [1.82, 2.24) is 24.2 Å². The molecular weight excluding hydrogens is 404 g/mol. The van der Waals surface area contributed by atoms with E-state index in [1.807, 2.05) is 0 Å². The van der Waals surface area contributed by atoms with Gasteiger partial charge in [0.25, 0.3) is 0 Å². The van der Waals surface area contributed by atoms with Crippen LogP contribution in [-0.4, -0.2) is 52.9 Å². The first-order chi connectivity index (χ1) is 14.6. The summed E-state index contributed by atoms with van der Waals surface area (Å²) in [6, 6.07) is 6.69. The Balaban J connectivity index is 1.45. The van der Waals surface area contributed by atoms with Crippen molar-refractivity contribution in [2.75, 3.05) is 25.5 Å². The maximum atomic E-state index is 13.1.